The van der Waals surface area contributed by atoms with Crippen LogP contribution >= 0.6 is 0 Å². The van der Waals surface area contributed by atoms with Crippen molar-refractivity contribution in [1.29, 1.82) is 0 Å². The van der Waals surface area contributed by atoms with Crippen LogP contribution in [0.15, 0.2) is 24.3 Å². The van der Waals surface area contributed by atoms with Gasteiger partial charge >= 0.3 is 0 Å². The van der Waals surface area contributed by atoms with Crippen LogP contribution < -0.4 is 0 Å². The summed E-state index contributed by atoms with van der Waals surface area (Å²) in [6.45, 7) is 1.61. The quantitative estimate of drug-likeness (QED) is 0.470. The molecule has 6 nitrogen and oxygen atoms in total. The predicted molar refractivity (Wildman–Crippen MR) is 63.7 cm³/mol. The smallest absolute Gasteiger partial charge is 0.187 e. The summed E-state index contributed by atoms with van der Waals surface area (Å²) in [5.74, 6) is 0. The molecule has 0 amide bonds. The van der Waals surface area contributed by atoms with E-state index >= 15 is 0 Å². The Balaban J connectivity index is 2.49. The van der Waals surface area contributed by atoms with Crippen molar-refractivity contribution in [2.75, 3.05) is 13.2 Å². The summed E-state index contributed by atoms with van der Waals surface area (Å²) in [5, 5.41) is 37.7. The van der Waals surface area contributed by atoms with Crippen LogP contribution in [0.25, 0.3) is 0 Å². The van der Waals surface area contributed by atoms with E-state index in [1.54, 1.807) is 12.2 Å². The Hall–Kier alpha value is -0.760. The van der Waals surface area contributed by atoms with Crippen molar-refractivity contribution in [3.63, 3.8) is 0 Å². The van der Waals surface area contributed by atoms with Crippen molar-refractivity contribution in [3.05, 3.63) is 24.3 Å². The Morgan fingerprint density at radius 2 is 1.83 bits per heavy atom. The van der Waals surface area contributed by atoms with E-state index in [9.17, 15) is 15.3 Å². The molecule has 5 atom stereocenters. The normalized spacial score (nSPS) is 37.7. The molecule has 0 bridgehead atoms. The molecule has 0 aromatic heterocycles. The topological polar surface area (TPSA) is 99.4 Å². The highest BCUT2D eigenvalue weighted by Gasteiger charge is 2.43. The minimum Gasteiger partial charge on any atom is -0.394 e. The standard InChI is InChI=1S/C12H20O6/c1-2-3-4-5-6-17-12-11(16)10(15)9(14)8(7-13)18-12/h2-5,8-16H,6-7H2,1H3/t8-,9-,10+,11-,12?/m1/s1. The summed E-state index contributed by atoms with van der Waals surface area (Å²) in [6, 6.07) is 0. The van der Waals surface area contributed by atoms with Crippen molar-refractivity contribution in [2.24, 2.45) is 0 Å². The first kappa shape index (κ1) is 15.3. The fourth-order valence-electron chi connectivity index (χ4n) is 1.60. The lowest BCUT2D eigenvalue weighted by molar-refractivity contribution is -0.298. The van der Waals surface area contributed by atoms with E-state index in [1.165, 1.54) is 0 Å². The largest absolute Gasteiger partial charge is 0.394 e. The molecule has 0 aromatic carbocycles. The van der Waals surface area contributed by atoms with Crippen molar-refractivity contribution in [1.82, 2.24) is 0 Å². The molecule has 1 fully saturated rings. The van der Waals surface area contributed by atoms with E-state index in [2.05, 4.69) is 0 Å². The van der Waals surface area contributed by atoms with Gasteiger partial charge in [0.15, 0.2) is 6.29 Å². The van der Waals surface area contributed by atoms with Gasteiger partial charge in [-0.05, 0) is 6.92 Å². The monoisotopic (exact) mass is 260 g/mol. The second-order valence-corrected chi connectivity index (χ2v) is 3.98. The molecule has 104 valence electrons. The Bertz CT molecular complexity index is 288. The van der Waals surface area contributed by atoms with Crippen molar-refractivity contribution < 1.29 is 29.9 Å². The molecule has 0 aromatic rings. The fraction of sp³-hybridized carbons (Fsp3) is 0.667. The number of aliphatic hydroxyl groups excluding tert-OH is 4. The van der Waals surface area contributed by atoms with Gasteiger partial charge < -0.3 is 29.9 Å². The molecule has 6 heteroatoms. The summed E-state index contributed by atoms with van der Waals surface area (Å²) in [4.78, 5) is 0. The molecule has 4 N–H and O–H groups in total. The van der Waals surface area contributed by atoms with Gasteiger partial charge in [-0.3, -0.25) is 0 Å². The average Bonchev–Trinajstić information content (AvgIpc) is 2.38. The number of aliphatic hydroxyl groups is 4. The summed E-state index contributed by atoms with van der Waals surface area (Å²) in [5.41, 5.74) is 0. The Labute approximate surface area is 106 Å². The summed E-state index contributed by atoms with van der Waals surface area (Å²) >= 11 is 0. The predicted octanol–water partition coefficient (Wildman–Crippen LogP) is -1.06. The van der Waals surface area contributed by atoms with Crippen LogP contribution in [0.4, 0.5) is 0 Å². The third-order valence-electron chi connectivity index (χ3n) is 2.64. The highest BCUT2D eigenvalue weighted by Crippen LogP contribution is 2.21. The molecule has 18 heavy (non-hydrogen) atoms. The van der Waals surface area contributed by atoms with Crippen LogP contribution in [0, 0.1) is 0 Å². The molecular weight excluding hydrogens is 240 g/mol. The highest BCUT2D eigenvalue weighted by atomic mass is 16.7. The van der Waals surface area contributed by atoms with Crippen LogP contribution in [-0.2, 0) is 9.47 Å². The maximum absolute atomic E-state index is 9.64. The lowest BCUT2D eigenvalue weighted by atomic mass is 9.99. The summed E-state index contributed by atoms with van der Waals surface area (Å²) in [7, 11) is 0. The first-order valence-corrected chi connectivity index (χ1v) is 5.81. The zero-order valence-electron chi connectivity index (χ0n) is 10.2. The second kappa shape index (κ2) is 7.63. The third-order valence-corrected chi connectivity index (χ3v) is 2.64. The van der Waals surface area contributed by atoms with Crippen LogP contribution in [0.2, 0.25) is 0 Å². The zero-order chi connectivity index (χ0) is 13.5. The molecule has 0 saturated carbocycles. The van der Waals surface area contributed by atoms with Crippen LogP contribution in [0.1, 0.15) is 6.92 Å². The van der Waals surface area contributed by atoms with Crippen LogP contribution in [0.5, 0.6) is 0 Å². The summed E-state index contributed by atoms with van der Waals surface area (Å²) in [6.07, 6.45) is 1.03. The molecule has 0 aliphatic carbocycles. The molecule has 1 aliphatic heterocycles. The van der Waals surface area contributed by atoms with Gasteiger partial charge in [-0.2, -0.15) is 0 Å². The molecule has 0 spiro atoms. The van der Waals surface area contributed by atoms with Gasteiger partial charge in [0.1, 0.15) is 24.4 Å². The molecule has 1 heterocycles. The number of rotatable bonds is 5. The van der Waals surface area contributed by atoms with Gasteiger partial charge in [-0.1, -0.05) is 24.3 Å². The lowest BCUT2D eigenvalue weighted by Crippen LogP contribution is -2.59. The maximum Gasteiger partial charge on any atom is 0.187 e. The van der Waals surface area contributed by atoms with Gasteiger partial charge in [0.05, 0.1) is 13.2 Å². The van der Waals surface area contributed by atoms with Crippen molar-refractivity contribution in [2.45, 2.75) is 37.6 Å². The zero-order valence-corrected chi connectivity index (χ0v) is 10.2. The van der Waals surface area contributed by atoms with Crippen LogP contribution in [0.3, 0.4) is 0 Å². The second-order valence-electron chi connectivity index (χ2n) is 3.98. The van der Waals surface area contributed by atoms with Crippen molar-refractivity contribution in [3.8, 4) is 0 Å². The Morgan fingerprint density at radius 3 is 2.44 bits per heavy atom. The lowest BCUT2D eigenvalue weighted by Gasteiger charge is -2.39. The SMILES string of the molecule is CC=CC=CCOC1O[C@H](CO)[C@@H](O)[C@H](O)[C@H]1O. The molecule has 1 aliphatic rings. The van der Waals surface area contributed by atoms with E-state index in [0.717, 1.165) is 0 Å². The number of allylic oxidation sites excluding steroid dienone is 3. The van der Waals surface area contributed by atoms with E-state index in [0.29, 0.717) is 0 Å². The maximum atomic E-state index is 9.64. The first-order chi connectivity index (χ1) is 8.61. The van der Waals surface area contributed by atoms with Gasteiger partial charge in [-0.15, -0.1) is 0 Å². The molecule has 1 rings (SSSR count). The number of hydrogen-bond acceptors (Lipinski definition) is 6. The first-order valence-electron chi connectivity index (χ1n) is 5.81. The average molecular weight is 260 g/mol. The van der Waals surface area contributed by atoms with Crippen LogP contribution in [-0.4, -0.2) is 64.3 Å². The number of hydrogen-bond donors (Lipinski definition) is 4. The van der Waals surface area contributed by atoms with E-state index < -0.39 is 37.3 Å². The minimum atomic E-state index is -1.40. The van der Waals surface area contributed by atoms with Gasteiger partial charge in [0.25, 0.3) is 0 Å². The van der Waals surface area contributed by atoms with Gasteiger partial charge in [-0.25, -0.2) is 0 Å². The third kappa shape index (κ3) is 3.88. The van der Waals surface area contributed by atoms with Crippen molar-refractivity contribution >= 4 is 0 Å². The van der Waals surface area contributed by atoms with Gasteiger partial charge in [0, 0.05) is 0 Å². The molecule has 0 radical (unpaired) electrons. The molecular formula is C12H20O6. The Morgan fingerprint density at radius 1 is 1.11 bits per heavy atom. The molecule has 1 unspecified atom stereocenters. The van der Waals surface area contributed by atoms with Gasteiger partial charge in [0.2, 0.25) is 0 Å². The minimum absolute atomic E-state index is 0.188. The van der Waals surface area contributed by atoms with E-state index in [-0.39, 0.29) is 6.61 Å². The van der Waals surface area contributed by atoms with E-state index in [1.807, 2.05) is 19.1 Å². The highest BCUT2D eigenvalue weighted by molar-refractivity contribution is 5.01. The number of ether oxygens (including phenoxy) is 2. The molecule has 1 saturated heterocycles. The summed E-state index contributed by atoms with van der Waals surface area (Å²) < 4.78 is 10.4. The Kier molecular flexibility index (Phi) is 6.48. The van der Waals surface area contributed by atoms with E-state index in [4.69, 9.17) is 14.6 Å². The fourth-order valence-corrected chi connectivity index (χ4v) is 1.60.